The summed E-state index contributed by atoms with van der Waals surface area (Å²) in [4.78, 5) is 3.69. The number of aromatic nitrogens is 2. The first-order chi connectivity index (χ1) is 9.85. The second-order valence-corrected chi connectivity index (χ2v) is 6.58. The Morgan fingerprint density at radius 1 is 1.38 bits per heavy atom. The Labute approximate surface area is 130 Å². The van der Waals surface area contributed by atoms with Gasteiger partial charge in [-0.15, -0.1) is 0 Å². The fraction of sp³-hybridized carbons (Fsp3) is 0.273. The first-order valence-corrected chi connectivity index (χ1v) is 7.95. The molecule has 0 amide bonds. The van der Waals surface area contributed by atoms with Crippen molar-refractivity contribution in [1.29, 1.82) is 0 Å². The Bertz CT molecular complexity index is 761. The average molecular weight is 352 g/mol. The maximum atomic E-state index is 12.2. The lowest BCUT2D eigenvalue weighted by molar-refractivity contribution is 0.281. The second-order valence-electron chi connectivity index (χ2n) is 4.06. The number of halogens is 2. The van der Waals surface area contributed by atoms with E-state index in [1.54, 1.807) is 6.92 Å². The van der Waals surface area contributed by atoms with Crippen molar-refractivity contribution in [2.45, 2.75) is 25.0 Å². The number of aryl methyl sites for hydroxylation is 1. The normalized spacial score (nSPS) is 11.8. The highest BCUT2D eigenvalue weighted by molar-refractivity contribution is 7.89. The van der Waals surface area contributed by atoms with E-state index in [2.05, 4.69) is 14.9 Å². The molecule has 0 aliphatic rings. The summed E-state index contributed by atoms with van der Waals surface area (Å²) in [5.74, 6) is 0.528. The topological polar surface area (TPSA) is 105 Å². The van der Waals surface area contributed by atoms with Gasteiger partial charge in [-0.3, -0.25) is 0 Å². The largest absolute Gasteiger partial charge is 0.392 e. The van der Waals surface area contributed by atoms with E-state index >= 15 is 0 Å². The molecule has 0 aliphatic carbocycles. The Kier molecular flexibility index (Phi) is 4.84. The van der Waals surface area contributed by atoms with Crippen LogP contribution in [-0.2, 0) is 23.2 Å². The number of hydrogen-bond acceptors (Lipinski definition) is 6. The van der Waals surface area contributed by atoms with Crippen molar-refractivity contribution >= 4 is 33.2 Å². The van der Waals surface area contributed by atoms with Crippen LogP contribution in [0.2, 0.25) is 10.0 Å². The van der Waals surface area contributed by atoms with Gasteiger partial charge >= 0.3 is 0 Å². The van der Waals surface area contributed by atoms with Gasteiger partial charge in [0.2, 0.25) is 15.9 Å². The number of nitrogens with zero attached hydrogens (tertiary/aromatic N) is 2. The molecule has 0 spiro atoms. The third-order valence-electron chi connectivity index (χ3n) is 2.58. The smallest absolute Gasteiger partial charge is 0.242 e. The predicted octanol–water partition coefficient (Wildman–Crippen LogP) is 1.66. The lowest BCUT2D eigenvalue weighted by atomic mass is 10.2. The first-order valence-electron chi connectivity index (χ1n) is 5.71. The molecule has 2 N–H and O–H groups in total. The van der Waals surface area contributed by atoms with Crippen LogP contribution >= 0.6 is 23.2 Å². The minimum absolute atomic E-state index is 0.126. The summed E-state index contributed by atoms with van der Waals surface area (Å²) in [6.45, 7) is 0.978. The molecule has 0 bridgehead atoms. The minimum Gasteiger partial charge on any atom is -0.392 e. The molecule has 0 aliphatic heterocycles. The van der Waals surface area contributed by atoms with Crippen LogP contribution in [0.15, 0.2) is 21.6 Å². The van der Waals surface area contributed by atoms with Crippen LogP contribution in [0.4, 0.5) is 0 Å². The van der Waals surface area contributed by atoms with Crippen LogP contribution in [0.5, 0.6) is 0 Å². The van der Waals surface area contributed by atoms with Crippen molar-refractivity contribution in [2.75, 3.05) is 0 Å². The van der Waals surface area contributed by atoms with Gasteiger partial charge in [0.15, 0.2) is 5.82 Å². The summed E-state index contributed by atoms with van der Waals surface area (Å²) in [6.07, 6.45) is 0. The van der Waals surface area contributed by atoms with E-state index in [1.165, 1.54) is 12.1 Å². The summed E-state index contributed by atoms with van der Waals surface area (Å²) < 4.78 is 31.5. The van der Waals surface area contributed by atoms with E-state index in [4.69, 9.17) is 27.7 Å². The molecule has 114 valence electrons. The molecule has 0 unspecified atom stereocenters. The molecule has 21 heavy (non-hydrogen) atoms. The molecular weight excluding hydrogens is 341 g/mol. The third-order valence-corrected chi connectivity index (χ3v) is 4.92. The Morgan fingerprint density at radius 3 is 2.67 bits per heavy atom. The molecule has 7 nitrogen and oxygen atoms in total. The second kappa shape index (κ2) is 6.29. The highest BCUT2D eigenvalue weighted by atomic mass is 35.5. The van der Waals surface area contributed by atoms with Crippen molar-refractivity contribution in [2.24, 2.45) is 0 Å². The van der Waals surface area contributed by atoms with E-state index in [0.29, 0.717) is 5.82 Å². The number of aliphatic hydroxyl groups excluding tert-OH is 1. The summed E-state index contributed by atoms with van der Waals surface area (Å²) >= 11 is 11.8. The maximum absolute atomic E-state index is 12.2. The van der Waals surface area contributed by atoms with Gasteiger partial charge in [-0.1, -0.05) is 28.4 Å². The lowest BCUT2D eigenvalue weighted by Gasteiger charge is -2.10. The predicted molar refractivity (Wildman–Crippen MR) is 75.4 cm³/mol. The Balaban J connectivity index is 2.27. The van der Waals surface area contributed by atoms with Gasteiger partial charge in [-0.05, 0) is 19.1 Å². The molecule has 1 aromatic carbocycles. The number of sulfonamides is 1. The fourth-order valence-electron chi connectivity index (χ4n) is 1.57. The zero-order valence-electron chi connectivity index (χ0n) is 10.8. The Morgan fingerprint density at radius 2 is 2.10 bits per heavy atom. The van der Waals surface area contributed by atoms with E-state index in [9.17, 15) is 13.5 Å². The molecular formula is C11H11Cl2N3O4S. The van der Waals surface area contributed by atoms with E-state index in [0.717, 1.165) is 0 Å². The number of aliphatic hydroxyl groups is 1. The zero-order valence-corrected chi connectivity index (χ0v) is 13.1. The Hall–Kier alpha value is -1.19. The van der Waals surface area contributed by atoms with E-state index < -0.39 is 16.6 Å². The number of hydrogen-bond donors (Lipinski definition) is 2. The third kappa shape index (κ3) is 3.53. The van der Waals surface area contributed by atoms with E-state index in [1.807, 2.05) is 0 Å². The molecule has 0 saturated heterocycles. The fourth-order valence-corrected chi connectivity index (χ4v) is 3.45. The molecule has 2 aromatic rings. The minimum atomic E-state index is -3.91. The number of nitrogens with one attached hydrogen (secondary N) is 1. The molecule has 10 heteroatoms. The molecule has 0 fully saturated rings. The van der Waals surface area contributed by atoms with E-state index in [-0.39, 0.29) is 32.9 Å². The van der Waals surface area contributed by atoms with Gasteiger partial charge in [0, 0.05) is 10.6 Å². The van der Waals surface area contributed by atoms with Crippen molar-refractivity contribution in [3.8, 4) is 0 Å². The van der Waals surface area contributed by atoms with Gasteiger partial charge in [-0.2, -0.15) is 4.98 Å². The monoisotopic (exact) mass is 351 g/mol. The average Bonchev–Trinajstić information content (AvgIpc) is 2.83. The quantitative estimate of drug-likeness (QED) is 0.848. The lowest BCUT2D eigenvalue weighted by Crippen LogP contribution is -2.24. The SMILES string of the molecule is Cc1noc(CNS(=O)(=O)c2ccc(Cl)c(CO)c2Cl)n1. The number of benzene rings is 1. The van der Waals surface area contributed by atoms with Crippen LogP contribution in [0, 0.1) is 6.92 Å². The molecule has 2 rings (SSSR count). The summed E-state index contributed by atoms with van der Waals surface area (Å²) in [5, 5.41) is 12.8. The number of rotatable bonds is 5. The van der Waals surface area contributed by atoms with Gasteiger partial charge in [0.05, 0.1) is 18.2 Å². The van der Waals surface area contributed by atoms with Crippen LogP contribution in [0.3, 0.4) is 0 Å². The van der Waals surface area contributed by atoms with Gasteiger partial charge in [0.1, 0.15) is 4.90 Å². The summed E-state index contributed by atoms with van der Waals surface area (Å²) in [7, 11) is -3.91. The van der Waals surface area contributed by atoms with Crippen LogP contribution in [-0.4, -0.2) is 23.7 Å². The van der Waals surface area contributed by atoms with Crippen molar-refractivity contribution in [1.82, 2.24) is 14.9 Å². The van der Waals surface area contributed by atoms with Crippen molar-refractivity contribution in [3.05, 3.63) is 39.5 Å². The summed E-state index contributed by atoms with van der Waals surface area (Å²) in [6, 6.07) is 2.61. The molecule has 0 radical (unpaired) electrons. The summed E-state index contributed by atoms with van der Waals surface area (Å²) in [5.41, 5.74) is 0.148. The molecule has 1 aromatic heterocycles. The van der Waals surface area contributed by atoms with Crippen LogP contribution in [0.1, 0.15) is 17.3 Å². The standard InChI is InChI=1S/C11H11Cl2N3O4S/c1-6-15-10(20-16-6)4-14-21(18,19)9-3-2-8(12)7(5-17)11(9)13/h2-3,14,17H,4-5H2,1H3. The molecule has 0 atom stereocenters. The van der Waals surface area contributed by atoms with Gasteiger partial charge in [0.25, 0.3) is 0 Å². The highest BCUT2D eigenvalue weighted by Gasteiger charge is 2.22. The van der Waals surface area contributed by atoms with Crippen molar-refractivity contribution < 1.29 is 18.0 Å². The van der Waals surface area contributed by atoms with Crippen LogP contribution < -0.4 is 4.72 Å². The first kappa shape index (κ1) is 16.2. The van der Waals surface area contributed by atoms with Crippen LogP contribution in [0.25, 0.3) is 0 Å². The zero-order chi connectivity index (χ0) is 15.6. The molecule has 0 saturated carbocycles. The maximum Gasteiger partial charge on any atom is 0.242 e. The molecule has 1 heterocycles. The van der Waals surface area contributed by atoms with Gasteiger partial charge in [-0.25, -0.2) is 13.1 Å². The van der Waals surface area contributed by atoms with Gasteiger partial charge < -0.3 is 9.63 Å². The van der Waals surface area contributed by atoms with Crippen molar-refractivity contribution in [3.63, 3.8) is 0 Å². The highest BCUT2D eigenvalue weighted by Crippen LogP contribution is 2.31.